The van der Waals surface area contributed by atoms with Crippen molar-refractivity contribution in [1.82, 2.24) is 14.5 Å². The van der Waals surface area contributed by atoms with E-state index in [1.165, 1.54) is 21.8 Å². The number of rotatable bonds is 6. The summed E-state index contributed by atoms with van der Waals surface area (Å²) in [6.45, 7) is 0. The molecule has 0 saturated heterocycles. The van der Waals surface area contributed by atoms with Gasteiger partial charge in [-0.2, -0.15) is 0 Å². The molecule has 4 nitrogen and oxygen atoms in total. The van der Waals surface area contributed by atoms with E-state index in [0.29, 0.717) is 0 Å². The Hall–Kier alpha value is -6.52. The minimum absolute atomic E-state index is 0.864. The van der Waals surface area contributed by atoms with Crippen molar-refractivity contribution in [2.75, 3.05) is 4.90 Å². The van der Waals surface area contributed by atoms with E-state index in [2.05, 4.69) is 149 Å². The molecule has 0 fully saturated rings. The quantitative estimate of drug-likeness (QED) is 0.187. The van der Waals surface area contributed by atoms with Crippen molar-refractivity contribution in [2.24, 2.45) is 0 Å². The summed E-state index contributed by atoms with van der Waals surface area (Å²) in [6.07, 6.45) is 0. The number of aromatic nitrogens is 3. The number of nitrogens with zero attached hydrogens (tertiary/aromatic N) is 4. The average Bonchev–Trinajstić information content (AvgIpc) is 3.50. The van der Waals surface area contributed by atoms with Gasteiger partial charge in [-0.15, -0.1) is 0 Å². The Balaban J connectivity index is 1.22. The van der Waals surface area contributed by atoms with E-state index in [1.807, 2.05) is 42.5 Å². The number of fused-ring (bicyclic) bond motifs is 4. The molecular formula is C44H30N4. The molecule has 48 heavy (non-hydrogen) atoms. The fourth-order valence-corrected chi connectivity index (χ4v) is 6.80. The Labute approximate surface area is 278 Å². The second-order valence-electron chi connectivity index (χ2n) is 11.9. The predicted molar refractivity (Wildman–Crippen MR) is 199 cm³/mol. The molecule has 0 N–H and O–H groups in total. The lowest BCUT2D eigenvalue weighted by atomic mass is 10.0. The van der Waals surface area contributed by atoms with Crippen LogP contribution in [-0.2, 0) is 0 Å². The van der Waals surface area contributed by atoms with Crippen LogP contribution in [0.3, 0.4) is 0 Å². The van der Waals surface area contributed by atoms with Crippen molar-refractivity contribution in [3.8, 4) is 28.2 Å². The van der Waals surface area contributed by atoms with Crippen molar-refractivity contribution in [2.45, 2.75) is 0 Å². The van der Waals surface area contributed by atoms with Gasteiger partial charge in [0.15, 0.2) is 0 Å². The number of hydrogen-bond donors (Lipinski definition) is 0. The monoisotopic (exact) mass is 614 g/mol. The van der Waals surface area contributed by atoms with Crippen molar-refractivity contribution in [1.29, 1.82) is 0 Å². The third-order valence-electron chi connectivity index (χ3n) is 8.97. The van der Waals surface area contributed by atoms with Gasteiger partial charge in [0.2, 0.25) is 0 Å². The lowest BCUT2D eigenvalue weighted by molar-refractivity contribution is 1.15. The summed E-state index contributed by atoms with van der Waals surface area (Å²) in [6, 6.07) is 63.7. The van der Waals surface area contributed by atoms with Gasteiger partial charge in [0.25, 0.3) is 0 Å². The minimum atomic E-state index is 0.864. The normalized spacial score (nSPS) is 11.3. The van der Waals surface area contributed by atoms with Gasteiger partial charge in [-0.1, -0.05) is 121 Å². The Morgan fingerprint density at radius 1 is 0.375 bits per heavy atom. The molecule has 9 rings (SSSR count). The van der Waals surface area contributed by atoms with E-state index < -0.39 is 0 Å². The van der Waals surface area contributed by atoms with Crippen LogP contribution >= 0.6 is 0 Å². The molecule has 9 aromatic rings. The minimum Gasteiger partial charge on any atom is -0.308 e. The highest BCUT2D eigenvalue weighted by molar-refractivity contribution is 6.09. The van der Waals surface area contributed by atoms with Crippen LogP contribution in [0.15, 0.2) is 182 Å². The predicted octanol–water partition coefficient (Wildman–Crippen LogP) is 11.5. The third kappa shape index (κ3) is 4.70. The van der Waals surface area contributed by atoms with Crippen molar-refractivity contribution in [3.05, 3.63) is 182 Å². The molecule has 2 aromatic heterocycles. The molecule has 0 aliphatic heterocycles. The zero-order valence-electron chi connectivity index (χ0n) is 26.1. The van der Waals surface area contributed by atoms with Gasteiger partial charge < -0.3 is 9.47 Å². The van der Waals surface area contributed by atoms with Gasteiger partial charge in [-0.3, -0.25) is 0 Å². The van der Waals surface area contributed by atoms with Crippen molar-refractivity contribution >= 4 is 49.9 Å². The first-order valence-corrected chi connectivity index (χ1v) is 16.2. The first kappa shape index (κ1) is 27.8. The summed E-state index contributed by atoms with van der Waals surface area (Å²) in [5.41, 5.74) is 12.2. The maximum Gasteiger partial charge on any atom is 0.0973 e. The molecule has 0 aliphatic rings. The molecule has 0 unspecified atom stereocenters. The second kappa shape index (κ2) is 11.7. The van der Waals surface area contributed by atoms with Crippen LogP contribution < -0.4 is 4.90 Å². The first-order chi connectivity index (χ1) is 23.8. The van der Waals surface area contributed by atoms with Crippen LogP contribution in [0.1, 0.15) is 0 Å². The van der Waals surface area contributed by atoms with Crippen molar-refractivity contribution < 1.29 is 0 Å². The topological polar surface area (TPSA) is 34.0 Å². The van der Waals surface area contributed by atoms with Crippen LogP contribution in [0.2, 0.25) is 0 Å². The highest BCUT2D eigenvalue weighted by Crippen LogP contribution is 2.42. The average molecular weight is 615 g/mol. The van der Waals surface area contributed by atoms with E-state index >= 15 is 0 Å². The standard InChI is InChI=1S/C44H30N4/c1-3-15-31(16-4-1)43-44(46-38-22-10-9-21-37(38)45-43)32-27-29-34(30-28-32)47(33-17-5-2-6-18-33)41-25-13-14-26-42(41)48-39-23-11-7-19-35(39)36-20-8-12-24-40(36)48/h1-30H. The van der Waals surface area contributed by atoms with Gasteiger partial charge >= 0.3 is 0 Å². The zero-order chi connectivity index (χ0) is 31.9. The summed E-state index contributed by atoms with van der Waals surface area (Å²) >= 11 is 0. The third-order valence-corrected chi connectivity index (χ3v) is 8.97. The largest absolute Gasteiger partial charge is 0.308 e. The Bertz CT molecular complexity index is 2500. The lowest BCUT2D eigenvalue weighted by Crippen LogP contribution is -2.13. The van der Waals surface area contributed by atoms with Gasteiger partial charge in [-0.25, -0.2) is 9.97 Å². The van der Waals surface area contributed by atoms with Crippen LogP contribution in [0.4, 0.5) is 17.1 Å². The molecule has 0 radical (unpaired) electrons. The Morgan fingerprint density at radius 3 is 1.46 bits per heavy atom. The maximum atomic E-state index is 5.14. The van der Waals surface area contributed by atoms with Crippen LogP contribution in [-0.4, -0.2) is 14.5 Å². The summed E-state index contributed by atoms with van der Waals surface area (Å²) in [7, 11) is 0. The van der Waals surface area contributed by atoms with E-state index in [9.17, 15) is 0 Å². The number of anilines is 3. The summed E-state index contributed by atoms with van der Waals surface area (Å²) in [4.78, 5) is 12.6. The van der Waals surface area contributed by atoms with E-state index in [4.69, 9.17) is 9.97 Å². The lowest BCUT2D eigenvalue weighted by Gasteiger charge is -2.28. The molecule has 0 aliphatic carbocycles. The summed E-state index contributed by atoms with van der Waals surface area (Å²) in [5, 5.41) is 2.48. The van der Waals surface area contributed by atoms with Gasteiger partial charge in [-0.05, 0) is 60.7 Å². The molecule has 7 aromatic carbocycles. The SMILES string of the molecule is c1ccc(-c2nc3ccccc3nc2-c2ccc(N(c3ccccc3)c3ccccc3-n3c4ccccc4c4ccccc43)cc2)cc1. The molecule has 0 bridgehead atoms. The van der Waals surface area contributed by atoms with E-state index in [-0.39, 0.29) is 0 Å². The summed E-state index contributed by atoms with van der Waals surface area (Å²) < 4.78 is 2.39. The molecule has 2 heterocycles. The van der Waals surface area contributed by atoms with Crippen LogP contribution in [0, 0.1) is 0 Å². The Kier molecular flexibility index (Phi) is 6.76. The summed E-state index contributed by atoms with van der Waals surface area (Å²) in [5.74, 6) is 0. The smallest absolute Gasteiger partial charge is 0.0973 e. The molecule has 226 valence electrons. The highest BCUT2D eigenvalue weighted by atomic mass is 15.2. The van der Waals surface area contributed by atoms with E-state index in [0.717, 1.165) is 56.3 Å². The van der Waals surface area contributed by atoms with E-state index in [1.54, 1.807) is 0 Å². The Morgan fingerprint density at radius 2 is 0.833 bits per heavy atom. The molecule has 0 atom stereocenters. The van der Waals surface area contributed by atoms with Crippen molar-refractivity contribution in [3.63, 3.8) is 0 Å². The highest BCUT2D eigenvalue weighted by Gasteiger charge is 2.21. The number of benzene rings is 7. The molecule has 0 saturated carbocycles. The molecule has 0 amide bonds. The maximum absolute atomic E-state index is 5.14. The zero-order valence-corrected chi connectivity index (χ0v) is 26.1. The van der Waals surface area contributed by atoms with Crippen LogP contribution in [0.25, 0.3) is 61.0 Å². The molecule has 0 spiro atoms. The van der Waals surface area contributed by atoms with Gasteiger partial charge in [0.05, 0.1) is 44.8 Å². The van der Waals surface area contributed by atoms with Gasteiger partial charge in [0, 0.05) is 33.3 Å². The number of hydrogen-bond acceptors (Lipinski definition) is 3. The first-order valence-electron chi connectivity index (χ1n) is 16.2. The molecule has 4 heteroatoms. The second-order valence-corrected chi connectivity index (χ2v) is 11.9. The number of para-hydroxylation sites is 7. The van der Waals surface area contributed by atoms with Gasteiger partial charge in [0.1, 0.15) is 0 Å². The van der Waals surface area contributed by atoms with Crippen LogP contribution in [0.5, 0.6) is 0 Å². The fourth-order valence-electron chi connectivity index (χ4n) is 6.80. The molecular weight excluding hydrogens is 585 g/mol. The fraction of sp³-hybridized carbons (Fsp3) is 0.